The van der Waals surface area contributed by atoms with Gasteiger partial charge in [0.25, 0.3) is 0 Å². The Kier molecular flexibility index (Phi) is 4.72. The predicted molar refractivity (Wildman–Crippen MR) is 76.8 cm³/mol. The third-order valence-electron chi connectivity index (χ3n) is 3.30. The highest BCUT2D eigenvalue weighted by Gasteiger charge is 2.21. The van der Waals surface area contributed by atoms with E-state index in [4.69, 9.17) is 0 Å². The number of thioether (sulfide) groups is 1. The Morgan fingerprint density at radius 1 is 1.47 bits per heavy atom. The number of nitrogens with one attached hydrogen (secondary N) is 1. The zero-order valence-corrected chi connectivity index (χ0v) is 11.6. The highest BCUT2D eigenvalue weighted by atomic mass is 32.2. The number of hydrogen-bond acceptors (Lipinski definition) is 3. The van der Waals surface area contributed by atoms with E-state index >= 15 is 0 Å². The number of anilines is 1. The van der Waals surface area contributed by atoms with Crippen LogP contribution in [0.5, 0.6) is 0 Å². The van der Waals surface area contributed by atoms with Crippen LogP contribution in [-0.4, -0.2) is 22.0 Å². The van der Waals surface area contributed by atoms with Crippen LogP contribution in [0, 0.1) is 6.92 Å². The van der Waals surface area contributed by atoms with Gasteiger partial charge in [-0.05, 0) is 44.1 Å². The number of rotatable bonds is 4. The molecule has 1 saturated carbocycles. The summed E-state index contributed by atoms with van der Waals surface area (Å²) in [5.41, 5.74) is 2.31. The van der Waals surface area contributed by atoms with E-state index in [0.717, 1.165) is 10.9 Å². The minimum atomic E-state index is 0.648. The zero-order chi connectivity index (χ0) is 12.1. The van der Waals surface area contributed by atoms with Crippen LogP contribution in [-0.2, 0) is 0 Å². The van der Waals surface area contributed by atoms with E-state index in [0.29, 0.717) is 6.04 Å². The van der Waals surface area contributed by atoms with Crippen molar-refractivity contribution in [2.75, 3.05) is 11.1 Å². The Morgan fingerprint density at radius 2 is 2.35 bits per heavy atom. The number of aryl methyl sites for hydroxylation is 1. The van der Waals surface area contributed by atoms with Gasteiger partial charge in [0.05, 0.1) is 0 Å². The van der Waals surface area contributed by atoms with Crippen LogP contribution in [0.3, 0.4) is 0 Å². The van der Waals surface area contributed by atoms with Gasteiger partial charge in [-0.15, -0.1) is 0 Å². The summed E-state index contributed by atoms with van der Waals surface area (Å²) in [6.07, 6.45) is 7.26. The van der Waals surface area contributed by atoms with Crippen LogP contribution in [0.15, 0.2) is 18.3 Å². The van der Waals surface area contributed by atoms with Crippen molar-refractivity contribution in [1.29, 1.82) is 0 Å². The number of hydrogen-bond donors (Lipinski definition) is 1. The first-order valence-electron chi connectivity index (χ1n) is 6.58. The summed E-state index contributed by atoms with van der Waals surface area (Å²) < 4.78 is 0. The summed E-state index contributed by atoms with van der Waals surface area (Å²) in [7, 11) is 0. The first-order chi connectivity index (χ1) is 8.28. The molecule has 17 heavy (non-hydrogen) atoms. The smallest absolute Gasteiger partial charge is 0.0393 e. The summed E-state index contributed by atoms with van der Waals surface area (Å²) in [4.78, 5) is 4.23. The van der Waals surface area contributed by atoms with Crippen molar-refractivity contribution in [2.45, 2.75) is 50.8 Å². The molecule has 0 spiro atoms. The fourth-order valence-corrected chi connectivity index (χ4v) is 3.71. The highest BCUT2D eigenvalue weighted by molar-refractivity contribution is 7.99. The third-order valence-corrected chi connectivity index (χ3v) is 4.53. The minimum Gasteiger partial charge on any atom is -0.382 e. The van der Waals surface area contributed by atoms with E-state index in [1.54, 1.807) is 0 Å². The molecule has 0 saturated heterocycles. The maximum absolute atomic E-state index is 4.23. The molecule has 0 bridgehead atoms. The van der Waals surface area contributed by atoms with Gasteiger partial charge in [0.2, 0.25) is 0 Å². The van der Waals surface area contributed by atoms with Gasteiger partial charge in [0.15, 0.2) is 0 Å². The molecule has 1 heterocycles. The van der Waals surface area contributed by atoms with Gasteiger partial charge >= 0.3 is 0 Å². The number of aromatic nitrogens is 1. The molecule has 1 aliphatic rings. The van der Waals surface area contributed by atoms with E-state index in [-0.39, 0.29) is 0 Å². The second-order valence-corrected chi connectivity index (χ2v) is 6.35. The second kappa shape index (κ2) is 6.29. The molecular formula is C14H22N2S. The maximum Gasteiger partial charge on any atom is 0.0393 e. The first-order valence-corrected chi connectivity index (χ1v) is 7.63. The van der Waals surface area contributed by atoms with E-state index in [1.807, 2.05) is 13.1 Å². The average Bonchev–Trinajstić information content (AvgIpc) is 2.30. The lowest BCUT2D eigenvalue weighted by Crippen LogP contribution is -2.28. The standard InChI is InChI=1S/C14H22N2S/c1-3-17-14-6-4-5-12(10-14)16-13-7-8-15-11(2)9-13/h7-9,12,14H,3-6,10H2,1-2H3,(H,15,16). The van der Waals surface area contributed by atoms with Gasteiger partial charge in [-0.2, -0.15) is 11.8 Å². The Balaban J connectivity index is 1.90. The van der Waals surface area contributed by atoms with Crippen LogP contribution in [0.25, 0.3) is 0 Å². The molecule has 1 aromatic rings. The van der Waals surface area contributed by atoms with E-state index in [9.17, 15) is 0 Å². The lowest BCUT2D eigenvalue weighted by Gasteiger charge is -2.30. The molecule has 0 aromatic carbocycles. The van der Waals surface area contributed by atoms with Crippen molar-refractivity contribution in [3.8, 4) is 0 Å². The molecule has 3 heteroatoms. The van der Waals surface area contributed by atoms with E-state index in [1.165, 1.54) is 37.1 Å². The largest absolute Gasteiger partial charge is 0.382 e. The van der Waals surface area contributed by atoms with Crippen LogP contribution in [0.4, 0.5) is 5.69 Å². The molecule has 1 N–H and O–H groups in total. The van der Waals surface area contributed by atoms with Crippen molar-refractivity contribution in [3.63, 3.8) is 0 Å². The first kappa shape index (κ1) is 12.7. The SMILES string of the molecule is CCSC1CCCC(Nc2ccnc(C)c2)C1. The van der Waals surface area contributed by atoms with Gasteiger partial charge < -0.3 is 5.32 Å². The Morgan fingerprint density at radius 3 is 3.12 bits per heavy atom. The summed E-state index contributed by atoms with van der Waals surface area (Å²) in [5.74, 6) is 1.24. The number of nitrogens with zero attached hydrogens (tertiary/aromatic N) is 1. The van der Waals surface area contributed by atoms with Crippen LogP contribution in [0.2, 0.25) is 0 Å². The molecule has 2 unspecified atom stereocenters. The number of pyridine rings is 1. The van der Waals surface area contributed by atoms with Crippen molar-refractivity contribution in [1.82, 2.24) is 4.98 Å². The zero-order valence-electron chi connectivity index (χ0n) is 10.8. The highest BCUT2D eigenvalue weighted by Crippen LogP contribution is 2.30. The normalized spacial score (nSPS) is 24.6. The molecule has 1 fully saturated rings. The Hall–Kier alpha value is -0.700. The topological polar surface area (TPSA) is 24.9 Å². The van der Waals surface area contributed by atoms with Gasteiger partial charge in [-0.3, -0.25) is 4.98 Å². The summed E-state index contributed by atoms with van der Waals surface area (Å²) in [6, 6.07) is 4.86. The van der Waals surface area contributed by atoms with Crippen molar-refractivity contribution >= 4 is 17.4 Å². The maximum atomic E-state index is 4.23. The fraction of sp³-hybridized carbons (Fsp3) is 0.643. The second-order valence-electron chi connectivity index (χ2n) is 4.77. The predicted octanol–water partition coefficient (Wildman–Crippen LogP) is 3.87. The molecule has 0 aliphatic heterocycles. The molecular weight excluding hydrogens is 228 g/mol. The van der Waals surface area contributed by atoms with Crippen LogP contribution >= 0.6 is 11.8 Å². The van der Waals surface area contributed by atoms with E-state index < -0.39 is 0 Å². The lowest BCUT2D eigenvalue weighted by atomic mass is 9.95. The molecule has 0 radical (unpaired) electrons. The third kappa shape index (κ3) is 3.91. The lowest BCUT2D eigenvalue weighted by molar-refractivity contribution is 0.473. The average molecular weight is 250 g/mol. The summed E-state index contributed by atoms with van der Waals surface area (Å²) in [5, 5.41) is 4.51. The molecule has 2 nitrogen and oxygen atoms in total. The molecule has 2 atom stereocenters. The van der Waals surface area contributed by atoms with Gasteiger partial charge in [0.1, 0.15) is 0 Å². The van der Waals surface area contributed by atoms with Crippen LogP contribution < -0.4 is 5.32 Å². The molecule has 1 aliphatic carbocycles. The molecule has 1 aromatic heterocycles. The summed E-state index contributed by atoms with van der Waals surface area (Å²) >= 11 is 2.12. The van der Waals surface area contributed by atoms with Crippen molar-refractivity contribution in [3.05, 3.63) is 24.0 Å². The van der Waals surface area contributed by atoms with Crippen molar-refractivity contribution < 1.29 is 0 Å². The van der Waals surface area contributed by atoms with Gasteiger partial charge in [-0.25, -0.2) is 0 Å². The van der Waals surface area contributed by atoms with E-state index in [2.05, 4.69) is 41.1 Å². The molecule has 0 amide bonds. The fourth-order valence-electron chi connectivity index (χ4n) is 2.53. The van der Waals surface area contributed by atoms with Gasteiger partial charge in [-0.1, -0.05) is 13.3 Å². The monoisotopic (exact) mass is 250 g/mol. The molecule has 94 valence electrons. The Bertz CT molecular complexity index is 352. The van der Waals surface area contributed by atoms with Crippen molar-refractivity contribution in [2.24, 2.45) is 0 Å². The molecule has 2 rings (SSSR count). The minimum absolute atomic E-state index is 0.648. The van der Waals surface area contributed by atoms with Crippen LogP contribution in [0.1, 0.15) is 38.3 Å². The van der Waals surface area contributed by atoms with Gasteiger partial charge in [0, 0.05) is 28.9 Å². The summed E-state index contributed by atoms with van der Waals surface area (Å²) in [6.45, 7) is 4.30. The quantitative estimate of drug-likeness (QED) is 0.878. The Labute approximate surface area is 109 Å².